The first-order valence-electron chi connectivity index (χ1n) is 12.3. The molecule has 186 valence electrons. The van der Waals surface area contributed by atoms with Gasteiger partial charge in [-0.05, 0) is 69.2 Å². The smallest absolute Gasteiger partial charge is 0.336 e. The highest BCUT2D eigenvalue weighted by molar-refractivity contribution is 5.97. The molecule has 35 heavy (non-hydrogen) atoms. The fourth-order valence-electron chi connectivity index (χ4n) is 4.38. The Morgan fingerprint density at radius 1 is 0.857 bits per heavy atom. The Bertz CT molecular complexity index is 967. The second-order valence-corrected chi connectivity index (χ2v) is 8.75. The van der Waals surface area contributed by atoms with Crippen molar-refractivity contribution in [2.75, 3.05) is 13.2 Å². The van der Waals surface area contributed by atoms with Crippen molar-refractivity contribution in [3.05, 3.63) is 82.7 Å². The summed E-state index contributed by atoms with van der Waals surface area (Å²) in [5.74, 6) is -1.11. The van der Waals surface area contributed by atoms with Crippen molar-refractivity contribution in [1.29, 1.82) is 0 Å². The maximum Gasteiger partial charge on any atom is 0.336 e. The number of hydrogen-bond donors (Lipinski definition) is 1. The van der Waals surface area contributed by atoms with E-state index in [1.807, 2.05) is 57.4 Å². The lowest BCUT2D eigenvalue weighted by molar-refractivity contribution is -0.140. The van der Waals surface area contributed by atoms with Crippen molar-refractivity contribution in [3.63, 3.8) is 0 Å². The van der Waals surface area contributed by atoms with Gasteiger partial charge in [-0.3, -0.25) is 9.97 Å². The first-order valence-corrected chi connectivity index (χ1v) is 12.3. The monoisotopic (exact) mass is 477 g/mol. The van der Waals surface area contributed by atoms with E-state index in [1.165, 1.54) is 0 Å². The molecule has 0 bridgehead atoms. The molecule has 0 aliphatic carbocycles. The van der Waals surface area contributed by atoms with Crippen LogP contribution in [0.3, 0.4) is 0 Å². The number of nitrogens with zero attached hydrogens (tertiary/aromatic N) is 2. The summed E-state index contributed by atoms with van der Waals surface area (Å²) in [6, 6.07) is 7.80. The summed E-state index contributed by atoms with van der Waals surface area (Å²) in [5, 5.41) is 3.20. The van der Waals surface area contributed by atoms with Crippen LogP contribution in [0.25, 0.3) is 0 Å². The number of ether oxygens (including phenoxy) is 2. The van der Waals surface area contributed by atoms with Crippen LogP contribution in [-0.4, -0.2) is 35.1 Å². The largest absolute Gasteiger partial charge is 0.462 e. The van der Waals surface area contributed by atoms with Gasteiger partial charge in [0.1, 0.15) is 0 Å². The summed E-state index contributed by atoms with van der Waals surface area (Å²) in [6.07, 6.45) is 11.6. The van der Waals surface area contributed by atoms with Gasteiger partial charge in [-0.1, -0.05) is 25.5 Å². The molecule has 1 aliphatic rings. The molecule has 7 heteroatoms. The van der Waals surface area contributed by atoms with Crippen LogP contribution in [-0.2, 0) is 31.9 Å². The van der Waals surface area contributed by atoms with Crippen molar-refractivity contribution in [1.82, 2.24) is 15.3 Å². The van der Waals surface area contributed by atoms with Crippen molar-refractivity contribution in [3.8, 4) is 0 Å². The first-order chi connectivity index (χ1) is 17.0. The number of allylic oxidation sites excluding steroid dienone is 2. The number of rotatable bonds is 12. The van der Waals surface area contributed by atoms with Crippen LogP contribution in [0.5, 0.6) is 0 Å². The van der Waals surface area contributed by atoms with Crippen LogP contribution in [0, 0.1) is 5.92 Å². The second-order valence-electron chi connectivity index (χ2n) is 8.75. The van der Waals surface area contributed by atoms with E-state index in [9.17, 15) is 9.59 Å². The van der Waals surface area contributed by atoms with E-state index in [-0.39, 0.29) is 17.9 Å². The van der Waals surface area contributed by atoms with Crippen molar-refractivity contribution in [2.24, 2.45) is 5.92 Å². The molecule has 0 saturated carbocycles. The Kier molecular flexibility index (Phi) is 10.0. The van der Waals surface area contributed by atoms with E-state index in [2.05, 4.69) is 15.3 Å². The summed E-state index contributed by atoms with van der Waals surface area (Å²) in [4.78, 5) is 34.4. The molecule has 0 saturated heterocycles. The van der Waals surface area contributed by atoms with E-state index in [0.717, 1.165) is 41.8 Å². The minimum absolute atomic E-state index is 0.306. The average Bonchev–Trinajstić information content (AvgIpc) is 2.86. The molecule has 3 heterocycles. The van der Waals surface area contributed by atoms with Crippen molar-refractivity contribution < 1.29 is 19.1 Å². The fraction of sp³-hybridized carbons (Fsp3) is 0.429. The van der Waals surface area contributed by atoms with Crippen LogP contribution in [0.2, 0.25) is 0 Å². The SMILES string of the molecule is CCCC1C(C(=O)OCCCc2cccnc2)=C(C)NC(C)=C1C(=O)OCCCc1cccnc1. The molecule has 2 aromatic heterocycles. The Morgan fingerprint density at radius 3 is 1.74 bits per heavy atom. The van der Waals surface area contributed by atoms with Gasteiger partial charge in [0.15, 0.2) is 0 Å². The molecule has 0 unspecified atom stereocenters. The van der Waals surface area contributed by atoms with Gasteiger partial charge in [-0.15, -0.1) is 0 Å². The van der Waals surface area contributed by atoms with Crippen molar-refractivity contribution >= 4 is 11.9 Å². The Hall–Kier alpha value is -3.48. The Labute approximate surface area is 207 Å². The first kappa shape index (κ1) is 26.1. The van der Waals surface area contributed by atoms with E-state index in [0.29, 0.717) is 43.6 Å². The van der Waals surface area contributed by atoms with E-state index in [4.69, 9.17) is 9.47 Å². The number of dihydropyridines is 1. The number of aryl methyl sites for hydroxylation is 2. The zero-order valence-electron chi connectivity index (χ0n) is 20.9. The molecule has 0 aromatic carbocycles. The van der Waals surface area contributed by atoms with Crippen LogP contribution in [0.1, 0.15) is 57.6 Å². The van der Waals surface area contributed by atoms with E-state index in [1.54, 1.807) is 12.4 Å². The summed E-state index contributed by atoms with van der Waals surface area (Å²) in [5.41, 5.74) is 4.70. The molecule has 0 amide bonds. The second kappa shape index (κ2) is 13.4. The highest BCUT2D eigenvalue weighted by Crippen LogP contribution is 2.34. The normalized spacial score (nSPS) is 14.0. The van der Waals surface area contributed by atoms with Gasteiger partial charge in [0.25, 0.3) is 0 Å². The number of carbonyl (C=O) groups excluding carboxylic acids is 2. The average molecular weight is 478 g/mol. The standard InChI is InChI=1S/C28H35N3O4/c1-4-9-24-25(27(32)34-16-7-12-22-10-5-14-29-18-22)20(2)31-21(3)26(24)28(33)35-17-8-13-23-11-6-15-30-19-23/h5-6,10-11,14-15,18-19,24,31H,4,7-9,12-13,16-17H2,1-3H3. The van der Waals surface area contributed by atoms with E-state index >= 15 is 0 Å². The molecular weight excluding hydrogens is 442 g/mol. The highest BCUT2D eigenvalue weighted by Gasteiger charge is 2.36. The lowest BCUT2D eigenvalue weighted by atomic mass is 9.82. The maximum absolute atomic E-state index is 13.1. The van der Waals surface area contributed by atoms with Crippen LogP contribution >= 0.6 is 0 Å². The Morgan fingerprint density at radius 2 is 1.34 bits per heavy atom. The predicted molar refractivity (Wildman–Crippen MR) is 134 cm³/mol. The van der Waals surface area contributed by atoms with Gasteiger partial charge in [0, 0.05) is 42.1 Å². The quantitative estimate of drug-likeness (QED) is 0.350. The maximum atomic E-state index is 13.1. The summed E-state index contributed by atoms with van der Waals surface area (Å²) in [6.45, 7) is 6.36. The molecule has 0 radical (unpaired) electrons. The zero-order chi connectivity index (χ0) is 25.0. The minimum atomic E-state index is -0.381. The highest BCUT2D eigenvalue weighted by atomic mass is 16.5. The molecule has 7 nitrogen and oxygen atoms in total. The minimum Gasteiger partial charge on any atom is -0.462 e. The number of carbonyl (C=O) groups is 2. The number of hydrogen-bond acceptors (Lipinski definition) is 7. The summed E-state index contributed by atoms with van der Waals surface area (Å²) >= 11 is 0. The van der Waals surface area contributed by atoms with Gasteiger partial charge in [0.05, 0.1) is 24.4 Å². The van der Waals surface area contributed by atoms with Gasteiger partial charge >= 0.3 is 11.9 Å². The van der Waals surface area contributed by atoms with Crippen LogP contribution in [0.15, 0.2) is 71.6 Å². The predicted octanol–water partition coefficient (Wildman–Crippen LogP) is 4.70. The number of nitrogens with one attached hydrogen (secondary N) is 1. The molecule has 1 N–H and O–H groups in total. The van der Waals surface area contributed by atoms with Gasteiger partial charge in [-0.2, -0.15) is 0 Å². The summed E-state index contributed by atoms with van der Waals surface area (Å²) < 4.78 is 11.2. The third-order valence-electron chi connectivity index (χ3n) is 6.03. The molecule has 2 aromatic rings. The molecule has 0 spiro atoms. The Balaban J connectivity index is 1.58. The molecule has 3 rings (SSSR count). The van der Waals surface area contributed by atoms with Crippen LogP contribution < -0.4 is 5.32 Å². The third-order valence-corrected chi connectivity index (χ3v) is 6.03. The number of aromatic nitrogens is 2. The lowest BCUT2D eigenvalue weighted by Crippen LogP contribution is -2.33. The zero-order valence-corrected chi connectivity index (χ0v) is 20.9. The summed E-state index contributed by atoms with van der Waals surface area (Å²) in [7, 11) is 0. The lowest BCUT2D eigenvalue weighted by Gasteiger charge is -2.30. The topological polar surface area (TPSA) is 90.4 Å². The molecule has 0 atom stereocenters. The molecule has 0 fully saturated rings. The number of pyridine rings is 2. The van der Waals surface area contributed by atoms with Gasteiger partial charge in [0.2, 0.25) is 0 Å². The van der Waals surface area contributed by atoms with Gasteiger partial charge < -0.3 is 14.8 Å². The molecule has 1 aliphatic heterocycles. The fourth-order valence-corrected chi connectivity index (χ4v) is 4.38. The number of esters is 2. The van der Waals surface area contributed by atoms with E-state index < -0.39 is 0 Å². The van der Waals surface area contributed by atoms with Crippen LogP contribution in [0.4, 0.5) is 0 Å². The molecular formula is C28H35N3O4. The van der Waals surface area contributed by atoms with Crippen molar-refractivity contribution in [2.45, 2.75) is 59.3 Å². The third kappa shape index (κ3) is 7.50. The van der Waals surface area contributed by atoms with Gasteiger partial charge in [-0.25, -0.2) is 9.59 Å².